The van der Waals surface area contributed by atoms with E-state index in [1.165, 1.54) is 31.2 Å². The summed E-state index contributed by atoms with van der Waals surface area (Å²) in [5, 5.41) is 2.64. The van der Waals surface area contributed by atoms with Crippen LogP contribution in [0.4, 0.5) is 4.79 Å². The van der Waals surface area contributed by atoms with Crippen molar-refractivity contribution in [2.24, 2.45) is 0 Å². The molecule has 0 aliphatic heterocycles. The molecule has 3 heteroatoms. The Labute approximate surface area is 156 Å². The van der Waals surface area contributed by atoms with Crippen LogP contribution in [0.1, 0.15) is 49.3 Å². The minimum Gasteiger partial charge on any atom is -0.445 e. The number of nitrogens with one attached hydrogen (secondary N) is 1. The Balaban J connectivity index is 1.66. The van der Waals surface area contributed by atoms with Gasteiger partial charge in [-0.15, -0.1) is 0 Å². The van der Waals surface area contributed by atoms with Crippen molar-refractivity contribution in [3.8, 4) is 11.8 Å². The van der Waals surface area contributed by atoms with Gasteiger partial charge in [0.25, 0.3) is 0 Å². The molecule has 3 nitrogen and oxygen atoms in total. The van der Waals surface area contributed by atoms with Crippen LogP contribution in [0.15, 0.2) is 54.6 Å². The van der Waals surface area contributed by atoms with Gasteiger partial charge in [0.05, 0.1) is 6.54 Å². The molecule has 0 aliphatic carbocycles. The molecule has 1 N–H and O–H groups in total. The minimum absolute atomic E-state index is 0.264. The topological polar surface area (TPSA) is 38.3 Å². The predicted octanol–water partition coefficient (Wildman–Crippen LogP) is 5.09. The zero-order valence-electron chi connectivity index (χ0n) is 15.5. The average molecular weight is 349 g/mol. The van der Waals surface area contributed by atoms with Gasteiger partial charge in [0, 0.05) is 5.56 Å². The number of carbonyl (C=O) groups is 1. The summed E-state index contributed by atoms with van der Waals surface area (Å²) in [5.41, 5.74) is 3.28. The van der Waals surface area contributed by atoms with Crippen LogP contribution in [0, 0.1) is 11.8 Å². The van der Waals surface area contributed by atoms with Crippen molar-refractivity contribution in [1.29, 1.82) is 0 Å². The van der Waals surface area contributed by atoms with Gasteiger partial charge < -0.3 is 10.1 Å². The van der Waals surface area contributed by atoms with Crippen LogP contribution in [0.2, 0.25) is 0 Å². The highest BCUT2D eigenvalue weighted by molar-refractivity contribution is 5.67. The van der Waals surface area contributed by atoms with E-state index in [4.69, 9.17) is 4.74 Å². The van der Waals surface area contributed by atoms with Crippen LogP contribution in [0.25, 0.3) is 0 Å². The van der Waals surface area contributed by atoms with Crippen LogP contribution < -0.4 is 5.32 Å². The summed E-state index contributed by atoms with van der Waals surface area (Å²) in [6.45, 7) is 2.76. The third-order valence-electron chi connectivity index (χ3n) is 4.04. The smallest absolute Gasteiger partial charge is 0.408 e. The third-order valence-corrected chi connectivity index (χ3v) is 4.04. The molecule has 0 unspecified atom stereocenters. The zero-order valence-corrected chi connectivity index (χ0v) is 15.5. The van der Waals surface area contributed by atoms with Gasteiger partial charge in [0.1, 0.15) is 6.61 Å². The summed E-state index contributed by atoms with van der Waals surface area (Å²) in [4.78, 5) is 11.6. The predicted molar refractivity (Wildman–Crippen MR) is 106 cm³/mol. The number of ether oxygens (including phenoxy) is 1. The normalized spacial score (nSPS) is 9.88. The van der Waals surface area contributed by atoms with Crippen LogP contribution >= 0.6 is 0 Å². The molecular formula is C23H27NO2. The lowest BCUT2D eigenvalue weighted by molar-refractivity contribution is 0.141. The van der Waals surface area contributed by atoms with Crippen molar-refractivity contribution in [2.45, 2.75) is 45.6 Å². The van der Waals surface area contributed by atoms with E-state index in [0.717, 1.165) is 17.5 Å². The fraction of sp³-hybridized carbons (Fsp3) is 0.348. The number of unbranched alkanes of at least 4 members (excludes halogenated alkanes) is 3. The molecule has 0 radical (unpaired) electrons. The Hall–Kier alpha value is -2.73. The maximum atomic E-state index is 11.6. The highest BCUT2D eigenvalue weighted by Gasteiger charge is 2.00. The van der Waals surface area contributed by atoms with Gasteiger partial charge in [-0.25, -0.2) is 4.79 Å². The molecule has 0 aromatic heterocycles. The second-order valence-corrected chi connectivity index (χ2v) is 6.22. The van der Waals surface area contributed by atoms with E-state index in [2.05, 4.69) is 36.2 Å². The van der Waals surface area contributed by atoms with Gasteiger partial charge in [-0.3, -0.25) is 0 Å². The van der Waals surface area contributed by atoms with E-state index in [-0.39, 0.29) is 13.2 Å². The Bertz CT molecular complexity index is 711. The lowest BCUT2D eigenvalue weighted by Gasteiger charge is -2.04. The fourth-order valence-electron chi connectivity index (χ4n) is 2.55. The molecule has 2 aromatic carbocycles. The monoisotopic (exact) mass is 349 g/mol. The summed E-state index contributed by atoms with van der Waals surface area (Å²) in [5.74, 6) is 6.01. The second-order valence-electron chi connectivity index (χ2n) is 6.22. The maximum absolute atomic E-state index is 11.6. The van der Waals surface area contributed by atoms with E-state index in [0.29, 0.717) is 0 Å². The Morgan fingerprint density at radius 2 is 1.73 bits per heavy atom. The Kier molecular flexibility index (Phi) is 8.86. The molecule has 0 saturated heterocycles. The van der Waals surface area contributed by atoms with E-state index >= 15 is 0 Å². The first-order chi connectivity index (χ1) is 12.8. The molecule has 0 saturated carbocycles. The van der Waals surface area contributed by atoms with Crippen molar-refractivity contribution < 1.29 is 9.53 Å². The first kappa shape index (κ1) is 19.6. The van der Waals surface area contributed by atoms with Gasteiger partial charge in [-0.2, -0.15) is 0 Å². The number of benzene rings is 2. The van der Waals surface area contributed by atoms with Crippen molar-refractivity contribution in [3.63, 3.8) is 0 Å². The van der Waals surface area contributed by atoms with Crippen LogP contribution in [0.5, 0.6) is 0 Å². The Morgan fingerprint density at radius 3 is 2.46 bits per heavy atom. The van der Waals surface area contributed by atoms with Crippen molar-refractivity contribution in [1.82, 2.24) is 5.32 Å². The van der Waals surface area contributed by atoms with E-state index in [1.807, 2.05) is 42.5 Å². The van der Waals surface area contributed by atoms with Crippen LogP contribution in [0.3, 0.4) is 0 Å². The molecular weight excluding hydrogens is 322 g/mol. The van der Waals surface area contributed by atoms with E-state index < -0.39 is 6.09 Å². The lowest BCUT2D eigenvalue weighted by atomic mass is 10.0. The lowest BCUT2D eigenvalue weighted by Crippen LogP contribution is -2.24. The molecule has 136 valence electrons. The Morgan fingerprint density at radius 1 is 0.962 bits per heavy atom. The molecule has 0 aliphatic rings. The highest BCUT2D eigenvalue weighted by atomic mass is 16.5. The van der Waals surface area contributed by atoms with E-state index in [1.54, 1.807) is 0 Å². The largest absolute Gasteiger partial charge is 0.445 e. The summed E-state index contributed by atoms with van der Waals surface area (Å²) < 4.78 is 5.13. The first-order valence-electron chi connectivity index (χ1n) is 9.30. The molecule has 0 spiro atoms. The second kappa shape index (κ2) is 11.8. The highest BCUT2D eigenvalue weighted by Crippen LogP contribution is 2.09. The quantitative estimate of drug-likeness (QED) is 0.533. The van der Waals surface area contributed by atoms with Crippen molar-refractivity contribution in [3.05, 3.63) is 71.3 Å². The number of rotatable bonds is 8. The SMILES string of the molecule is CCCCCCc1ccc(C#CCNC(=O)OCc2ccccc2)cc1. The number of hydrogen-bond donors (Lipinski definition) is 1. The maximum Gasteiger partial charge on any atom is 0.408 e. The van der Waals surface area contributed by atoms with Gasteiger partial charge >= 0.3 is 6.09 Å². The first-order valence-corrected chi connectivity index (χ1v) is 9.30. The molecule has 26 heavy (non-hydrogen) atoms. The van der Waals surface area contributed by atoms with Crippen LogP contribution in [-0.4, -0.2) is 12.6 Å². The van der Waals surface area contributed by atoms with Crippen molar-refractivity contribution in [2.75, 3.05) is 6.54 Å². The number of aryl methyl sites for hydroxylation is 1. The van der Waals surface area contributed by atoms with Crippen molar-refractivity contribution >= 4 is 6.09 Å². The molecule has 0 heterocycles. The summed E-state index contributed by atoms with van der Waals surface area (Å²) in [6.07, 6.45) is 5.79. The summed E-state index contributed by atoms with van der Waals surface area (Å²) in [7, 11) is 0. The number of amides is 1. The number of alkyl carbamates (subject to hydrolysis) is 1. The molecule has 2 rings (SSSR count). The molecule has 1 amide bonds. The van der Waals surface area contributed by atoms with Crippen LogP contribution in [-0.2, 0) is 17.8 Å². The van der Waals surface area contributed by atoms with Gasteiger partial charge in [0.2, 0.25) is 0 Å². The average Bonchev–Trinajstić information content (AvgIpc) is 2.69. The van der Waals surface area contributed by atoms with Gasteiger partial charge in [-0.05, 0) is 36.1 Å². The molecule has 0 bridgehead atoms. The van der Waals surface area contributed by atoms with Gasteiger partial charge in [0.15, 0.2) is 0 Å². The standard InChI is InChI=1S/C23H27NO2/c1-2-3-4-6-10-20-14-16-21(17-15-20)13-9-18-24-23(25)26-19-22-11-7-5-8-12-22/h5,7-8,11-12,14-17H,2-4,6,10,18-19H2,1H3,(H,24,25). The van der Waals surface area contributed by atoms with Gasteiger partial charge in [-0.1, -0.05) is 80.5 Å². The fourth-order valence-corrected chi connectivity index (χ4v) is 2.55. The molecule has 2 aromatic rings. The van der Waals surface area contributed by atoms with E-state index in [9.17, 15) is 4.79 Å². The zero-order chi connectivity index (χ0) is 18.5. The summed E-state index contributed by atoms with van der Waals surface area (Å²) in [6, 6.07) is 17.9. The number of carbonyl (C=O) groups excluding carboxylic acids is 1. The summed E-state index contributed by atoms with van der Waals surface area (Å²) >= 11 is 0. The minimum atomic E-state index is -0.453. The molecule has 0 fully saturated rings. The molecule has 0 atom stereocenters. The third kappa shape index (κ3) is 7.90. The number of hydrogen-bond acceptors (Lipinski definition) is 2.